The van der Waals surface area contributed by atoms with Crippen molar-refractivity contribution in [2.24, 2.45) is 11.3 Å². The number of allylic oxidation sites excluding steroid dienone is 1. The molecule has 1 aromatic heterocycles. The third-order valence-electron chi connectivity index (χ3n) is 6.70. The predicted octanol–water partition coefficient (Wildman–Crippen LogP) is 5.24. The first-order chi connectivity index (χ1) is 14.0. The van der Waals surface area contributed by atoms with Crippen LogP contribution in [0.25, 0.3) is 11.8 Å². The van der Waals surface area contributed by atoms with E-state index in [9.17, 15) is 13.9 Å². The molecule has 3 atom stereocenters. The molecule has 1 saturated carbocycles. The molecule has 29 heavy (non-hydrogen) atoms. The van der Waals surface area contributed by atoms with Gasteiger partial charge in [0.05, 0.1) is 23.7 Å². The summed E-state index contributed by atoms with van der Waals surface area (Å²) in [5, 5.41) is 15.6. The van der Waals surface area contributed by atoms with Crippen LogP contribution in [-0.2, 0) is 6.42 Å². The van der Waals surface area contributed by atoms with Gasteiger partial charge in [-0.2, -0.15) is 5.10 Å². The van der Waals surface area contributed by atoms with Gasteiger partial charge in [-0.25, -0.2) is 13.5 Å². The second kappa shape index (κ2) is 6.63. The summed E-state index contributed by atoms with van der Waals surface area (Å²) < 4.78 is 28.4. The number of fused-ring (bicyclic) bond motifs is 2. The van der Waals surface area contributed by atoms with Crippen molar-refractivity contribution >= 4 is 6.08 Å². The summed E-state index contributed by atoms with van der Waals surface area (Å²) in [7, 11) is 0. The van der Waals surface area contributed by atoms with Crippen LogP contribution in [0, 0.1) is 23.0 Å². The van der Waals surface area contributed by atoms with Gasteiger partial charge >= 0.3 is 0 Å². The minimum Gasteiger partial charge on any atom is -0.388 e. The van der Waals surface area contributed by atoms with Crippen LogP contribution < -0.4 is 0 Å². The Morgan fingerprint density at radius 2 is 1.72 bits per heavy atom. The highest BCUT2D eigenvalue weighted by Gasteiger charge is 2.48. The molecule has 1 N–H and O–H groups in total. The molecule has 0 saturated heterocycles. The lowest BCUT2D eigenvalue weighted by molar-refractivity contribution is 0.0555. The number of hydrogen-bond donors (Lipinski definition) is 1. The number of aliphatic hydroxyl groups is 1. The smallest absolute Gasteiger partial charge is 0.123 e. The number of aromatic nitrogens is 2. The van der Waals surface area contributed by atoms with Crippen LogP contribution in [-0.4, -0.2) is 14.9 Å². The van der Waals surface area contributed by atoms with E-state index in [1.807, 2.05) is 10.9 Å². The summed E-state index contributed by atoms with van der Waals surface area (Å²) in [6.45, 7) is 2.21. The summed E-state index contributed by atoms with van der Waals surface area (Å²) in [6.07, 6.45) is 6.00. The Kier molecular flexibility index (Phi) is 4.17. The Hall–Kier alpha value is -2.79. The van der Waals surface area contributed by atoms with E-state index in [0.717, 1.165) is 41.8 Å². The molecule has 2 aliphatic carbocycles. The van der Waals surface area contributed by atoms with Gasteiger partial charge in [-0.3, -0.25) is 0 Å². The van der Waals surface area contributed by atoms with E-state index in [-0.39, 0.29) is 23.0 Å². The Morgan fingerprint density at radius 3 is 2.41 bits per heavy atom. The number of benzene rings is 2. The van der Waals surface area contributed by atoms with E-state index in [4.69, 9.17) is 0 Å². The van der Waals surface area contributed by atoms with Crippen LogP contribution in [0.5, 0.6) is 0 Å². The Labute approximate surface area is 168 Å². The van der Waals surface area contributed by atoms with E-state index in [1.54, 1.807) is 24.3 Å². The number of halogens is 2. The van der Waals surface area contributed by atoms with Crippen molar-refractivity contribution in [3.63, 3.8) is 0 Å². The average molecular weight is 392 g/mol. The number of nitrogens with zero attached hydrogens (tertiary/aromatic N) is 2. The lowest BCUT2D eigenvalue weighted by atomic mass is 9.67. The second-order valence-electron chi connectivity index (χ2n) is 8.35. The highest BCUT2D eigenvalue weighted by Crippen LogP contribution is 2.56. The van der Waals surface area contributed by atoms with Gasteiger partial charge in [0.15, 0.2) is 0 Å². The van der Waals surface area contributed by atoms with Crippen molar-refractivity contribution in [3.8, 4) is 5.69 Å². The zero-order valence-electron chi connectivity index (χ0n) is 16.1. The zero-order valence-corrected chi connectivity index (χ0v) is 16.1. The minimum absolute atomic E-state index is 0.0570. The SMILES string of the molecule is CC12Cc3cnn(-c4ccc(F)cc4)c3C=C1CCC2C(O)c1ccc(F)cc1. The summed E-state index contributed by atoms with van der Waals surface area (Å²) in [6, 6.07) is 12.5. The maximum atomic E-state index is 13.3. The van der Waals surface area contributed by atoms with Gasteiger partial charge in [-0.15, -0.1) is 0 Å². The maximum Gasteiger partial charge on any atom is 0.123 e. The normalized spacial score (nSPS) is 24.0. The molecule has 0 amide bonds. The van der Waals surface area contributed by atoms with Crippen LogP contribution >= 0.6 is 0 Å². The van der Waals surface area contributed by atoms with E-state index in [1.165, 1.54) is 29.8 Å². The molecule has 1 fully saturated rings. The number of rotatable bonds is 3. The maximum absolute atomic E-state index is 13.3. The molecule has 0 radical (unpaired) electrons. The van der Waals surface area contributed by atoms with Crippen LogP contribution in [0.4, 0.5) is 8.78 Å². The fraction of sp³-hybridized carbons (Fsp3) is 0.292. The number of aliphatic hydroxyl groups excluding tert-OH is 1. The fourth-order valence-electron chi connectivity index (χ4n) is 5.06. The van der Waals surface area contributed by atoms with Crippen LogP contribution in [0.2, 0.25) is 0 Å². The minimum atomic E-state index is -0.639. The Bertz CT molecular complexity index is 1090. The molecule has 5 heteroatoms. The third kappa shape index (κ3) is 2.92. The summed E-state index contributed by atoms with van der Waals surface area (Å²) in [4.78, 5) is 0. The number of hydrogen-bond acceptors (Lipinski definition) is 2. The molecule has 2 aliphatic rings. The van der Waals surface area contributed by atoms with Crippen molar-refractivity contribution in [2.45, 2.75) is 32.3 Å². The van der Waals surface area contributed by atoms with E-state index in [0.29, 0.717) is 0 Å². The molecule has 5 rings (SSSR count). The Balaban J connectivity index is 1.49. The van der Waals surface area contributed by atoms with Crippen LogP contribution in [0.3, 0.4) is 0 Å². The lowest BCUT2D eigenvalue weighted by Crippen LogP contribution is -2.32. The summed E-state index contributed by atoms with van der Waals surface area (Å²) in [5.74, 6) is -0.509. The monoisotopic (exact) mass is 392 g/mol. The second-order valence-corrected chi connectivity index (χ2v) is 8.35. The van der Waals surface area contributed by atoms with Gasteiger partial charge in [-0.05, 0) is 84.2 Å². The van der Waals surface area contributed by atoms with Gasteiger partial charge in [-0.1, -0.05) is 24.6 Å². The van der Waals surface area contributed by atoms with Crippen LogP contribution in [0.1, 0.15) is 42.7 Å². The van der Waals surface area contributed by atoms with Crippen molar-refractivity contribution in [2.75, 3.05) is 0 Å². The van der Waals surface area contributed by atoms with E-state index >= 15 is 0 Å². The quantitative estimate of drug-likeness (QED) is 0.662. The lowest BCUT2D eigenvalue weighted by Gasteiger charge is -2.38. The van der Waals surface area contributed by atoms with Crippen molar-refractivity contribution in [1.29, 1.82) is 0 Å². The first-order valence-corrected chi connectivity index (χ1v) is 9.93. The third-order valence-corrected chi connectivity index (χ3v) is 6.70. The largest absolute Gasteiger partial charge is 0.388 e. The fourth-order valence-corrected chi connectivity index (χ4v) is 5.06. The highest BCUT2D eigenvalue weighted by molar-refractivity contribution is 5.62. The van der Waals surface area contributed by atoms with E-state index < -0.39 is 6.10 Å². The van der Waals surface area contributed by atoms with Crippen molar-refractivity contribution in [1.82, 2.24) is 9.78 Å². The van der Waals surface area contributed by atoms with Gasteiger partial charge in [0, 0.05) is 0 Å². The van der Waals surface area contributed by atoms with Crippen molar-refractivity contribution in [3.05, 3.63) is 88.8 Å². The first-order valence-electron chi connectivity index (χ1n) is 9.93. The van der Waals surface area contributed by atoms with Gasteiger partial charge in [0.2, 0.25) is 0 Å². The van der Waals surface area contributed by atoms with Gasteiger partial charge in [0.25, 0.3) is 0 Å². The zero-order chi connectivity index (χ0) is 20.2. The first kappa shape index (κ1) is 18.3. The topological polar surface area (TPSA) is 38.0 Å². The molecule has 0 aliphatic heterocycles. The molecule has 0 spiro atoms. The molecule has 0 bridgehead atoms. The van der Waals surface area contributed by atoms with Crippen molar-refractivity contribution < 1.29 is 13.9 Å². The average Bonchev–Trinajstić information content (AvgIpc) is 3.26. The molecule has 3 unspecified atom stereocenters. The molecule has 1 heterocycles. The molecular formula is C24H22F2N2O. The molecule has 2 aromatic carbocycles. The van der Waals surface area contributed by atoms with E-state index in [2.05, 4.69) is 18.1 Å². The van der Waals surface area contributed by atoms with Gasteiger partial charge < -0.3 is 5.11 Å². The molecule has 3 aromatic rings. The summed E-state index contributed by atoms with van der Waals surface area (Å²) in [5.41, 5.74) is 4.87. The molecule has 3 nitrogen and oxygen atoms in total. The van der Waals surface area contributed by atoms with Crippen LogP contribution in [0.15, 0.2) is 60.3 Å². The molecule has 148 valence electrons. The standard InChI is InChI=1S/C24H22F2N2O/c1-24-13-16-14-27-28(20-9-7-19(26)8-10-20)22(16)12-17(24)4-11-21(24)23(29)15-2-5-18(25)6-3-15/h2-3,5-10,12,14,21,23,29H,4,11,13H2,1H3. The predicted molar refractivity (Wildman–Crippen MR) is 107 cm³/mol. The molecular weight excluding hydrogens is 370 g/mol. The highest BCUT2D eigenvalue weighted by atomic mass is 19.1. The Morgan fingerprint density at radius 1 is 1.07 bits per heavy atom. The van der Waals surface area contributed by atoms with Gasteiger partial charge in [0.1, 0.15) is 11.6 Å². The summed E-state index contributed by atoms with van der Waals surface area (Å²) >= 11 is 0.